The summed E-state index contributed by atoms with van der Waals surface area (Å²) in [6, 6.07) is 7.33. The second-order valence-corrected chi connectivity index (χ2v) is 6.01. The Morgan fingerprint density at radius 3 is 2.46 bits per heavy atom. The number of anilines is 1. The molecule has 24 heavy (non-hydrogen) atoms. The lowest BCUT2D eigenvalue weighted by molar-refractivity contribution is -0.139. The van der Waals surface area contributed by atoms with E-state index in [-0.39, 0.29) is 18.9 Å². The topological polar surface area (TPSA) is 109 Å². The summed E-state index contributed by atoms with van der Waals surface area (Å²) < 4.78 is 5.82. The highest BCUT2D eigenvalue weighted by atomic mass is 127. The van der Waals surface area contributed by atoms with Gasteiger partial charge in [0, 0.05) is 28.6 Å². The van der Waals surface area contributed by atoms with E-state index in [9.17, 15) is 14.4 Å². The Bertz CT molecular complexity index is 616. The van der Waals surface area contributed by atoms with Crippen molar-refractivity contribution in [1.29, 1.82) is 0 Å². The fraction of sp³-hybridized carbons (Fsp3) is 0.333. The van der Waals surface area contributed by atoms with Crippen LogP contribution in [-0.2, 0) is 19.1 Å². The summed E-state index contributed by atoms with van der Waals surface area (Å²) in [6.45, 7) is 2.11. The smallest absolute Gasteiger partial charge is 0.329 e. The van der Waals surface area contributed by atoms with Gasteiger partial charge in [-0.1, -0.05) is 0 Å². The van der Waals surface area contributed by atoms with E-state index in [1.54, 1.807) is 19.1 Å². The number of nitrogens with zero attached hydrogens (tertiary/aromatic N) is 1. The fourth-order valence-electron chi connectivity index (χ4n) is 1.55. The summed E-state index contributed by atoms with van der Waals surface area (Å²) in [5.41, 5.74) is 3.15. The van der Waals surface area contributed by atoms with Gasteiger partial charge in [-0.25, -0.2) is 5.43 Å². The molecule has 0 aromatic heterocycles. The number of rotatable bonds is 7. The van der Waals surface area contributed by atoms with E-state index >= 15 is 0 Å². The van der Waals surface area contributed by atoms with Crippen LogP contribution in [0.2, 0.25) is 0 Å². The number of nitrogens with one attached hydrogen (secondary N) is 3. The zero-order valence-electron chi connectivity index (χ0n) is 13.4. The monoisotopic (exact) mass is 446 g/mol. The molecule has 3 N–H and O–H groups in total. The standard InChI is InChI=1S/C15H19IN4O4/c1-10(19-20-15(23)14(22)17-7-8-24-2)9-13(21)18-12-5-3-11(16)4-6-12/h3-6H,7-9H2,1-2H3,(H,17,22)(H,18,21)(H,20,23)/b19-10-. The van der Waals surface area contributed by atoms with Gasteiger partial charge in [0.2, 0.25) is 5.91 Å². The fourth-order valence-corrected chi connectivity index (χ4v) is 1.91. The predicted molar refractivity (Wildman–Crippen MR) is 98.5 cm³/mol. The second kappa shape index (κ2) is 10.7. The summed E-state index contributed by atoms with van der Waals surface area (Å²) in [5.74, 6) is -1.98. The van der Waals surface area contributed by atoms with Crippen molar-refractivity contribution in [3.8, 4) is 0 Å². The van der Waals surface area contributed by atoms with E-state index < -0.39 is 11.8 Å². The molecular formula is C15H19IN4O4. The van der Waals surface area contributed by atoms with Crippen LogP contribution in [0.5, 0.6) is 0 Å². The van der Waals surface area contributed by atoms with Crippen molar-refractivity contribution >= 4 is 51.7 Å². The number of carbonyl (C=O) groups is 3. The Morgan fingerprint density at radius 1 is 1.17 bits per heavy atom. The highest BCUT2D eigenvalue weighted by Gasteiger charge is 2.12. The van der Waals surface area contributed by atoms with Gasteiger partial charge in [0.15, 0.2) is 0 Å². The minimum atomic E-state index is -0.900. The highest BCUT2D eigenvalue weighted by Crippen LogP contribution is 2.11. The molecule has 0 aliphatic heterocycles. The van der Waals surface area contributed by atoms with Gasteiger partial charge in [-0.2, -0.15) is 5.10 Å². The molecule has 0 fully saturated rings. The van der Waals surface area contributed by atoms with Crippen molar-refractivity contribution in [2.75, 3.05) is 25.6 Å². The highest BCUT2D eigenvalue weighted by molar-refractivity contribution is 14.1. The van der Waals surface area contributed by atoms with Crippen molar-refractivity contribution in [2.45, 2.75) is 13.3 Å². The maximum absolute atomic E-state index is 11.9. The molecule has 3 amide bonds. The third kappa shape index (κ3) is 8.02. The van der Waals surface area contributed by atoms with Crippen molar-refractivity contribution < 1.29 is 19.1 Å². The van der Waals surface area contributed by atoms with E-state index in [1.165, 1.54) is 7.11 Å². The first-order chi connectivity index (χ1) is 11.4. The van der Waals surface area contributed by atoms with Gasteiger partial charge in [-0.15, -0.1) is 0 Å². The second-order valence-electron chi connectivity index (χ2n) is 4.77. The Balaban J connectivity index is 2.40. The van der Waals surface area contributed by atoms with Crippen molar-refractivity contribution in [1.82, 2.24) is 10.7 Å². The molecule has 0 unspecified atom stereocenters. The van der Waals surface area contributed by atoms with E-state index in [4.69, 9.17) is 4.74 Å². The minimum absolute atomic E-state index is 0.00242. The molecule has 0 radical (unpaired) electrons. The molecule has 0 saturated heterocycles. The Morgan fingerprint density at radius 2 is 1.83 bits per heavy atom. The molecule has 0 atom stereocenters. The van der Waals surface area contributed by atoms with E-state index in [1.807, 2.05) is 12.1 Å². The van der Waals surface area contributed by atoms with Crippen molar-refractivity contribution in [2.24, 2.45) is 5.10 Å². The van der Waals surface area contributed by atoms with Crippen molar-refractivity contribution in [3.05, 3.63) is 27.8 Å². The van der Waals surface area contributed by atoms with Gasteiger partial charge in [0.25, 0.3) is 0 Å². The first-order valence-corrected chi connectivity index (χ1v) is 8.16. The minimum Gasteiger partial charge on any atom is -0.383 e. The third-order valence-electron chi connectivity index (χ3n) is 2.69. The van der Waals surface area contributed by atoms with Crippen LogP contribution in [0.3, 0.4) is 0 Å². The van der Waals surface area contributed by atoms with Crippen LogP contribution in [-0.4, -0.2) is 43.7 Å². The van der Waals surface area contributed by atoms with Gasteiger partial charge >= 0.3 is 11.8 Å². The van der Waals surface area contributed by atoms with Crippen LogP contribution >= 0.6 is 22.6 Å². The molecule has 0 aliphatic carbocycles. The molecule has 0 spiro atoms. The average molecular weight is 446 g/mol. The zero-order chi connectivity index (χ0) is 17.9. The summed E-state index contributed by atoms with van der Waals surface area (Å²) >= 11 is 2.17. The first-order valence-electron chi connectivity index (χ1n) is 7.08. The summed E-state index contributed by atoms with van der Waals surface area (Å²) in [4.78, 5) is 34.7. The summed E-state index contributed by atoms with van der Waals surface area (Å²) in [7, 11) is 1.49. The number of amides is 3. The number of benzene rings is 1. The van der Waals surface area contributed by atoms with Crippen molar-refractivity contribution in [3.63, 3.8) is 0 Å². The molecule has 9 heteroatoms. The van der Waals surface area contributed by atoms with E-state index in [0.29, 0.717) is 18.0 Å². The largest absolute Gasteiger partial charge is 0.383 e. The lowest BCUT2D eigenvalue weighted by Gasteiger charge is -2.06. The average Bonchev–Trinajstić information content (AvgIpc) is 2.54. The molecule has 0 bridgehead atoms. The van der Waals surface area contributed by atoms with Crippen LogP contribution in [0.25, 0.3) is 0 Å². The van der Waals surface area contributed by atoms with Gasteiger partial charge < -0.3 is 15.4 Å². The number of methoxy groups -OCH3 is 1. The molecule has 1 aromatic carbocycles. The van der Waals surface area contributed by atoms with Crippen LogP contribution in [0.15, 0.2) is 29.4 Å². The number of carbonyl (C=O) groups excluding carboxylic acids is 3. The van der Waals surface area contributed by atoms with Crippen LogP contribution in [0, 0.1) is 3.57 Å². The molecular weight excluding hydrogens is 427 g/mol. The van der Waals surface area contributed by atoms with Gasteiger partial charge in [-0.05, 0) is 53.8 Å². The van der Waals surface area contributed by atoms with E-state index in [0.717, 1.165) is 3.57 Å². The Hall–Kier alpha value is -2.01. The van der Waals surface area contributed by atoms with Gasteiger partial charge in [0.05, 0.1) is 13.0 Å². The van der Waals surface area contributed by atoms with E-state index in [2.05, 4.69) is 43.8 Å². The maximum Gasteiger partial charge on any atom is 0.329 e. The molecule has 1 rings (SSSR count). The van der Waals surface area contributed by atoms with Crippen LogP contribution in [0.4, 0.5) is 5.69 Å². The molecule has 0 aliphatic rings. The number of halogens is 1. The lowest BCUT2D eigenvalue weighted by atomic mass is 10.2. The van der Waals surface area contributed by atoms with Crippen LogP contribution < -0.4 is 16.1 Å². The maximum atomic E-state index is 11.9. The molecule has 130 valence electrons. The molecule has 1 aromatic rings. The zero-order valence-corrected chi connectivity index (χ0v) is 15.5. The number of ether oxygens (including phenoxy) is 1. The Labute approximate surface area is 153 Å². The quantitative estimate of drug-likeness (QED) is 0.190. The normalized spacial score (nSPS) is 10.9. The van der Waals surface area contributed by atoms with Gasteiger partial charge in [0.1, 0.15) is 0 Å². The molecule has 8 nitrogen and oxygen atoms in total. The number of hydrazone groups is 1. The number of hydrogen-bond acceptors (Lipinski definition) is 5. The Kier molecular flexibility index (Phi) is 8.94. The van der Waals surface area contributed by atoms with Crippen LogP contribution in [0.1, 0.15) is 13.3 Å². The predicted octanol–water partition coefficient (Wildman–Crippen LogP) is 0.874. The summed E-state index contributed by atoms with van der Waals surface area (Å²) in [5, 5.41) is 8.81. The lowest BCUT2D eigenvalue weighted by Crippen LogP contribution is -2.39. The summed E-state index contributed by atoms with van der Waals surface area (Å²) in [6.07, 6.45) is -0.00242. The van der Waals surface area contributed by atoms with Gasteiger partial charge in [-0.3, -0.25) is 14.4 Å². The molecule has 0 saturated carbocycles. The SMILES string of the molecule is COCCNC(=O)C(=O)N/N=C(/C)CC(=O)Nc1ccc(I)cc1. The third-order valence-corrected chi connectivity index (χ3v) is 3.41. The molecule has 0 heterocycles. The number of hydrogen-bond donors (Lipinski definition) is 3. The first kappa shape index (κ1) is 20.0.